The van der Waals surface area contributed by atoms with Gasteiger partial charge in [-0.05, 0) is 6.42 Å². The van der Waals surface area contributed by atoms with Crippen LogP contribution in [0.25, 0.3) is 0 Å². The molecule has 0 fully saturated rings. The summed E-state index contributed by atoms with van der Waals surface area (Å²) in [4.78, 5) is 12.0. The molecule has 0 aliphatic carbocycles. The molecule has 0 spiro atoms. The Balaban J connectivity index is 2.96. The van der Waals surface area contributed by atoms with Crippen molar-refractivity contribution in [3.05, 3.63) is 48.6 Å². The molecule has 0 aliphatic rings. The Morgan fingerprint density at radius 2 is 2.07 bits per heavy atom. The monoisotopic (exact) mass is 204 g/mol. The lowest BCUT2D eigenvalue weighted by Crippen LogP contribution is -2.37. The molecule has 1 aromatic carbocycles. The third kappa shape index (κ3) is 2.54. The molecule has 0 bridgehead atoms. The topological polar surface area (TPSA) is 37.3 Å². The fourth-order valence-electron chi connectivity index (χ4n) is 1.49. The second-order valence-electron chi connectivity index (χ2n) is 3.57. The summed E-state index contributed by atoms with van der Waals surface area (Å²) in [5.41, 5.74) is -0.757. The summed E-state index contributed by atoms with van der Waals surface area (Å²) < 4.78 is 0. The first kappa shape index (κ1) is 11.7. The van der Waals surface area contributed by atoms with Crippen molar-refractivity contribution in [3.63, 3.8) is 0 Å². The lowest BCUT2D eigenvalue weighted by molar-refractivity contribution is 0.0312. The quantitative estimate of drug-likeness (QED) is 0.591. The smallest absolute Gasteiger partial charge is 0.194 e. The van der Waals surface area contributed by atoms with E-state index >= 15 is 0 Å². The average molecular weight is 204 g/mol. The molecule has 1 aromatic rings. The Bertz CT molecular complexity index is 343. The number of carbonyl (C=O) groups is 1. The molecular formula is C13H16O2. The first-order chi connectivity index (χ1) is 7.14. The van der Waals surface area contributed by atoms with Crippen LogP contribution >= 0.6 is 0 Å². The Morgan fingerprint density at radius 3 is 2.53 bits per heavy atom. The largest absolute Gasteiger partial charge is 0.381 e. The maximum absolute atomic E-state index is 12.0. The van der Waals surface area contributed by atoms with Gasteiger partial charge in [0.25, 0.3) is 0 Å². The van der Waals surface area contributed by atoms with E-state index in [1.54, 1.807) is 37.3 Å². The number of hydrogen-bond donors (Lipinski definition) is 1. The van der Waals surface area contributed by atoms with E-state index in [2.05, 4.69) is 6.58 Å². The number of hydrogen-bond acceptors (Lipinski definition) is 2. The van der Waals surface area contributed by atoms with E-state index in [4.69, 9.17) is 0 Å². The molecule has 1 unspecified atom stereocenters. The highest BCUT2D eigenvalue weighted by Crippen LogP contribution is 2.21. The van der Waals surface area contributed by atoms with Crippen LogP contribution < -0.4 is 0 Å². The second-order valence-corrected chi connectivity index (χ2v) is 3.57. The molecule has 0 heterocycles. The summed E-state index contributed by atoms with van der Waals surface area (Å²) in [7, 11) is 0. The van der Waals surface area contributed by atoms with Crippen LogP contribution in [0.1, 0.15) is 30.1 Å². The van der Waals surface area contributed by atoms with Gasteiger partial charge >= 0.3 is 0 Å². The van der Waals surface area contributed by atoms with Gasteiger partial charge in [0, 0.05) is 12.0 Å². The van der Waals surface area contributed by atoms with Crippen molar-refractivity contribution >= 4 is 5.78 Å². The zero-order chi connectivity index (χ0) is 11.3. The van der Waals surface area contributed by atoms with Crippen molar-refractivity contribution in [1.82, 2.24) is 0 Å². The number of carbonyl (C=O) groups excluding carboxylic acids is 1. The van der Waals surface area contributed by atoms with E-state index in [9.17, 15) is 9.90 Å². The van der Waals surface area contributed by atoms with Gasteiger partial charge in [0.1, 0.15) is 5.60 Å². The molecule has 1 N–H and O–H groups in total. The lowest BCUT2D eigenvalue weighted by Gasteiger charge is -2.23. The number of Topliss-reactive ketones (excluding diaryl/α,β-unsaturated/α-hetero) is 1. The molecule has 80 valence electrons. The molecule has 1 atom stereocenters. The van der Waals surface area contributed by atoms with Crippen molar-refractivity contribution in [3.8, 4) is 0 Å². The highest BCUT2D eigenvalue weighted by molar-refractivity contribution is 6.02. The van der Waals surface area contributed by atoms with Crippen LogP contribution in [-0.4, -0.2) is 16.5 Å². The van der Waals surface area contributed by atoms with E-state index in [1.807, 2.05) is 6.07 Å². The van der Waals surface area contributed by atoms with Crippen molar-refractivity contribution in [2.24, 2.45) is 0 Å². The van der Waals surface area contributed by atoms with Crippen LogP contribution in [0.5, 0.6) is 0 Å². The van der Waals surface area contributed by atoms with Crippen LogP contribution in [-0.2, 0) is 0 Å². The summed E-state index contributed by atoms with van der Waals surface area (Å²) in [6, 6.07) is 8.85. The molecule has 0 amide bonds. The Labute approximate surface area is 90.3 Å². The number of benzene rings is 1. The highest BCUT2D eigenvalue weighted by atomic mass is 16.3. The van der Waals surface area contributed by atoms with E-state index in [0.717, 1.165) is 0 Å². The van der Waals surface area contributed by atoms with Gasteiger partial charge in [0.05, 0.1) is 0 Å². The minimum atomic E-state index is -1.30. The molecule has 0 aliphatic heterocycles. The molecule has 2 nitrogen and oxygen atoms in total. The Hall–Kier alpha value is -1.41. The van der Waals surface area contributed by atoms with Gasteiger partial charge < -0.3 is 5.11 Å². The molecule has 0 saturated carbocycles. The summed E-state index contributed by atoms with van der Waals surface area (Å²) >= 11 is 0. The molecule has 0 saturated heterocycles. The normalized spacial score (nSPS) is 14.3. The van der Waals surface area contributed by atoms with Gasteiger partial charge in [-0.2, -0.15) is 0 Å². The molecule has 15 heavy (non-hydrogen) atoms. The zero-order valence-corrected chi connectivity index (χ0v) is 8.94. The number of ketones is 1. The van der Waals surface area contributed by atoms with Gasteiger partial charge in [-0.1, -0.05) is 43.3 Å². The van der Waals surface area contributed by atoms with Crippen molar-refractivity contribution < 1.29 is 9.90 Å². The first-order valence-electron chi connectivity index (χ1n) is 5.07. The molecule has 1 rings (SSSR count). The summed E-state index contributed by atoms with van der Waals surface area (Å²) in [6.07, 6.45) is 2.26. The van der Waals surface area contributed by atoms with Crippen molar-refractivity contribution in [2.45, 2.75) is 25.4 Å². The van der Waals surface area contributed by atoms with Gasteiger partial charge in [-0.3, -0.25) is 4.79 Å². The molecule has 0 aromatic heterocycles. The minimum Gasteiger partial charge on any atom is -0.381 e. The third-order valence-electron chi connectivity index (χ3n) is 2.53. The van der Waals surface area contributed by atoms with Crippen LogP contribution in [0, 0.1) is 0 Å². The van der Waals surface area contributed by atoms with Crippen molar-refractivity contribution in [2.75, 3.05) is 0 Å². The Morgan fingerprint density at radius 1 is 1.47 bits per heavy atom. The van der Waals surface area contributed by atoms with Gasteiger partial charge in [-0.15, -0.1) is 6.58 Å². The number of aliphatic hydroxyl groups is 1. The summed E-state index contributed by atoms with van der Waals surface area (Å²) in [6.45, 7) is 5.35. The average Bonchev–Trinajstić information content (AvgIpc) is 2.29. The highest BCUT2D eigenvalue weighted by Gasteiger charge is 2.32. The summed E-state index contributed by atoms with van der Waals surface area (Å²) in [5, 5.41) is 10.1. The minimum absolute atomic E-state index is 0.231. The van der Waals surface area contributed by atoms with Crippen LogP contribution in [0.4, 0.5) is 0 Å². The Kier molecular flexibility index (Phi) is 3.81. The maximum atomic E-state index is 12.0. The second kappa shape index (κ2) is 4.89. The number of rotatable bonds is 5. The standard InChI is InChI=1S/C13H16O2/c1-3-10-13(15,4-2)12(14)11-8-6-5-7-9-11/h3,5-9,15H,1,4,10H2,2H3. The maximum Gasteiger partial charge on any atom is 0.194 e. The summed E-state index contributed by atoms with van der Waals surface area (Å²) in [5.74, 6) is -0.231. The van der Waals surface area contributed by atoms with Crippen molar-refractivity contribution in [1.29, 1.82) is 0 Å². The lowest BCUT2D eigenvalue weighted by atomic mass is 9.87. The molecule has 2 heteroatoms. The van der Waals surface area contributed by atoms with Gasteiger partial charge in [0.15, 0.2) is 5.78 Å². The van der Waals surface area contributed by atoms with E-state index in [0.29, 0.717) is 12.0 Å². The van der Waals surface area contributed by atoms with Crippen LogP contribution in [0.3, 0.4) is 0 Å². The zero-order valence-electron chi connectivity index (χ0n) is 8.94. The predicted molar refractivity (Wildman–Crippen MR) is 60.8 cm³/mol. The van der Waals surface area contributed by atoms with Crippen LogP contribution in [0.15, 0.2) is 43.0 Å². The first-order valence-corrected chi connectivity index (χ1v) is 5.07. The van der Waals surface area contributed by atoms with E-state index in [1.165, 1.54) is 0 Å². The fourth-order valence-corrected chi connectivity index (χ4v) is 1.49. The van der Waals surface area contributed by atoms with Crippen LogP contribution in [0.2, 0.25) is 0 Å². The van der Waals surface area contributed by atoms with Gasteiger partial charge in [-0.25, -0.2) is 0 Å². The SMILES string of the molecule is C=CCC(O)(CC)C(=O)c1ccccc1. The van der Waals surface area contributed by atoms with E-state index in [-0.39, 0.29) is 12.2 Å². The molecule has 0 radical (unpaired) electrons. The molecular weight excluding hydrogens is 188 g/mol. The fraction of sp³-hybridized carbons (Fsp3) is 0.308. The van der Waals surface area contributed by atoms with Gasteiger partial charge in [0.2, 0.25) is 0 Å². The predicted octanol–water partition coefficient (Wildman–Crippen LogP) is 2.59. The van der Waals surface area contributed by atoms with E-state index < -0.39 is 5.60 Å². The third-order valence-corrected chi connectivity index (χ3v) is 2.53.